The van der Waals surface area contributed by atoms with Crippen LogP contribution in [0.5, 0.6) is 0 Å². The number of furan rings is 1. The van der Waals surface area contributed by atoms with Crippen molar-refractivity contribution in [3.8, 4) is 55.6 Å². The molecule has 1 aromatic heterocycles. The van der Waals surface area contributed by atoms with Crippen molar-refractivity contribution in [3.63, 3.8) is 0 Å². The minimum absolute atomic E-state index is 0.0136. The molecule has 0 saturated carbocycles. The molecule has 1 heterocycles. The van der Waals surface area contributed by atoms with E-state index in [1.165, 1.54) is 94.6 Å². The highest BCUT2D eigenvalue weighted by molar-refractivity contribution is 6.08. The van der Waals surface area contributed by atoms with E-state index < -0.39 is 0 Å². The molecule has 11 aromatic rings. The highest BCUT2D eigenvalue weighted by atomic mass is 16.3. The monoisotopic (exact) mass is 1000 g/mol. The van der Waals surface area contributed by atoms with Gasteiger partial charge in [0.1, 0.15) is 11.2 Å². The molecular formula is C73H65N3O. The first-order valence-electron chi connectivity index (χ1n) is 26.4. The zero-order chi connectivity index (χ0) is 53.5. The lowest BCUT2D eigenvalue weighted by atomic mass is 9.81. The Morgan fingerprint density at radius 2 is 0.779 bits per heavy atom. The van der Waals surface area contributed by atoms with Crippen molar-refractivity contribution < 1.29 is 4.42 Å². The lowest BCUT2D eigenvalue weighted by molar-refractivity contribution is 0.660. The molecule has 0 N–H and O–H groups in total. The van der Waals surface area contributed by atoms with Gasteiger partial charge in [-0.05, 0) is 158 Å². The molecule has 0 saturated heterocycles. The van der Waals surface area contributed by atoms with E-state index in [-0.39, 0.29) is 10.8 Å². The van der Waals surface area contributed by atoms with Crippen LogP contribution >= 0.6 is 0 Å². The normalized spacial score (nSPS) is 12.7. The van der Waals surface area contributed by atoms with E-state index in [9.17, 15) is 0 Å². The lowest BCUT2D eigenvalue weighted by Crippen LogP contribution is -2.14. The van der Waals surface area contributed by atoms with Crippen LogP contribution in [-0.4, -0.2) is 20.2 Å². The summed E-state index contributed by atoms with van der Waals surface area (Å²) in [4.78, 5) is 11.6. The molecule has 2 aliphatic carbocycles. The van der Waals surface area contributed by atoms with Crippen molar-refractivity contribution in [2.24, 2.45) is 15.0 Å². The Kier molecular flexibility index (Phi) is 15.0. The van der Waals surface area contributed by atoms with Gasteiger partial charge in [0, 0.05) is 21.6 Å². The van der Waals surface area contributed by atoms with Crippen LogP contribution in [-0.2, 0) is 30.5 Å². The van der Waals surface area contributed by atoms with Gasteiger partial charge in [0.05, 0.1) is 19.6 Å². The van der Waals surface area contributed by atoms with Crippen LogP contribution in [0, 0.1) is 6.92 Å². The number of hydrogen-bond acceptors (Lipinski definition) is 4. The number of nitrogens with zero attached hydrogens (tertiary/aromatic N) is 3. The summed E-state index contributed by atoms with van der Waals surface area (Å²) in [5.41, 5.74) is 25.3. The maximum absolute atomic E-state index is 6.16. The number of aliphatic imine (C=N–C) groups is 3. The third-order valence-electron chi connectivity index (χ3n) is 15.2. The van der Waals surface area contributed by atoms with Crippen molar-refractivity contribution in [1.29, 1.82) is 0 Å². The largest absolute Gasteiger partial charge is 0.456 e. The molecule has 0 aliphatic heterocycles. The van der Waals surface area contributed by atoms with Crippen molar-refractivity contribution >= 4 is 42.1 Å². The van der Waals surface area contributed by atoms with Crippen LogP contribution in [0.1, 0.15) is 72.2 Å². The number of rotatable bonds is 9. The van der Waals surface area contributed by atoms with E-state index in [1.54, 1.807) is 0 Å². The summed E-state index contributed by atoms with van der Waals surface area (Å²) in [6, 6.07) is 81.8. The lowest BCUT2D eigenvalue weighted by Gasteiger charge is -2.22. The number of hydrogen-bond donors (Lipinski definition) is 0. The summed E-state index contributed by atoms with van der Waals surface area (Å²) in [5.74, 6) is 0. The topological polar surface area (TPSA) is 50.2 Å². The summed E-state index contributed by atoms with van der Waals surface area (Å²) < 4.78 is 6.16. The molecule has 4 nitrogen and oxygen atoms in total. The van der Waals surface area contributed by atoms with Crippen LogP contribution in [0.4, 0.5) is 0 Å². The second-order valence-corrected chi connectivity index (χ2v) is 21.0. The summed E-state index contributed by atoms with van der Waals surface area (Å²) >= 11 is 0. The smallest absolute Gasteiger partial charge is 0.135 e. The Hall–Kier alpha value is -8.99. The van der Waals surface area contributed by atoms with Crippen LogP contribution in [0.15, 0.2) is 250 Å². The quantitative estimate of drug-likeness (QED) is 0.133. The third-order valence-corrected chi connectivity index (χ3v) is 15.2. The highest BCUT2D eigenvalue weighted by Crippen LogP contribution is 2.50. The molecule has 378 valence electrons. The second-order valence-electron chi connectivity index (χ2n) is 21.0. The minimum atomic E-state index is -0.0136. The Bertz CT molecular complexity index is 3810. The maximum Gasteiger partial charge on any atom is 0.135 e. The molecule has 0 fully saturated rings. The molecular weight excluding hydrogens is 935 g/mol. The Morgan fingerprint density at radius 1 is 0.351 bits per heavy atom. The fourth-order valence-corrected chi connectivity index (χ4v) is 11.3. The van der Waals surface area contributed by atoms with Crippen LogP contribution in [0.25, 0.3) is 77.6 Å². The molecule has 0 spiro atoms. The van der Waals surface area contributed by atoms with Crippen LogP contribution < -0.4 is 0 Å². The molecule has 0 amide bonds. The molecule has 2 aliphatic rings. The van der Waals surface area contributed by atoms with Gasteiger partial charge >= 0.3 is 0 Å². The SMILES string of the molecule is C=NCc1cccc2oc3ccc(-c4ccc(-c5cc(C)cc(-c6ccc7c(c6)C(C)(C)c6ccccc6-7)c5)cc4)cc3c12.C=NCc1ccccc1.C=NCc1ccccc1.CC1(C)c2ccccc2-c2ccccc21. The summed E-state index contributed by atoms with van der Waals surface area (Å²) in [5, 5.41) is 2.24. The van der Waals surface area contributed by atoms with E-state index in [0.717, 1.165) is 40.6 Å². The standard InChI is InChI=1S/C42H33NO.C15H14.2C8H9N/c1-26-20-32(22-33(21-26)30-16-18-35-34-9-5-6-10-37(34)42(2,3)38(35)24-30)28-14-12-27(13-15-28)29-17-19-39-36(23-29)41-31(25-43-4)8-7-11-40(41)44-39;1-15(2)13-9-5-3-7-11(13)12-8-4-6-10-14(12)15;2*1-9-7-8-5-3-2-4-6-8/h5-24H,4,25H2,1-3H3;3-10H,1-2H3;2*2-6H,1,7H2. The Morgan fingerprint density at radius 3 is 1.31 bits per heavy atom. The first-order valence-corrected chi connectivity index (χ1v) is 26.4. The Balaban J connectivity index is 0.000000163. The Labute approximate surface area is 454 Å². The predicted octanol–water partition coefficient (Wildman–Crippen LogP) is 19.2. The summed E-state index contributed by atoms with van der Waals surface area (Å²) in [7, 11) is 0. The average Bonchev–Trinajstić information content (AvgIpc) is 4.19. The van der Waals surface area contributed by atoms with Gasteiger partial charge in [0.15, 0.2) is 0 Å². The third kappa shape index (κ3) is 10.7. The fourth-order valence-electron chi connectivity index (χ4n) is 11.3. The molecule has 0 bridgehead atoms. The van der Waals surface area contributed by atoms with Crippen LogP contribution in [0.3, 0.4) is 0 Å². The zero-order valence-electron chi connectivity index (χ0n) is 44.9. The van der Waals surface area contributed by atoms with Crippen molar-refractivity contribution in [2.45, 2.75) is 65.1 Å². The van der Waals surface area contributed by atoms with E-state index in [0.29, 0.717) is 6.54 Å². The summed E-state index contributed by atoms with van der Waals surface area (Å²) in [6.45, 7) is 24.0. The molecule has 4 heteroatoms. The maximum atomic E-state index is 6.16. The molecule has 10 aromatic carbocycles. The van der Waals surface area contributed by atoms with Crippen molar-refractivity contribution in [2.75, 3.05) is 0 Å². The average molecular weight is 1000 g/mol. The van der Waals surface area contributed by atoms with Gasteiger partial charge in [-0.3, -0.25) is 15.0 Å². The first kappa shape index (κ1) is 51.5. The number of benzene rings is 10. The van der Waals surface area contributed by atoms with Crippen molar-refractivity contribution in [3.05, 3.63) is 275 Å². The van der Waals surface area contributed by atoms with Gasteiger partial charge in [0.2, 0.25) is 0 Å². The molecule has 0 atom stereocenters. The molecule has 13 rings (SSSR count). The molecule has 0 unspecified atom stereocenters. The van der Waals surface area contributed by atoms with Gasteiger partial charge in [-0.1, -0.05) is 228 Å². The van der Waals surface area contributed by atoms with Gasteiger partial charge in [0.25, 0.3) is 0 Å². The van der Waals surface area contributed by atoms with Gasteiger partial charge in [-0.2, -0.15) is 0 Å². The zero-order valence-corrected chi connectivity index (χ0v) is 44.9. The van der Waals surface area contributed by atoms with Gasteiger partial charge in [-0.25, -0.2) is 0 Å². The summed E-state index contributed by atoms with van der Waals surface area (Å²) in [6.07, 6.45) is 0. The minimum Gasteiger partial charge on any atom is -0.456 e. The predicted molar refractivity (Wildman–Crippen MR) is 329 cm³/mol. The van der Waals surface area contributed by atoms with E-state index >= 15 is 0 Å². The molecule has 77 heavy (non-hydrogen) atoms. The van der Waals surface area contributed by atoms with Crippen LogP contribution in [0.2, 0.25) is 0 Å². The fraction of sp³-hybridized carbons (Fsp3) is 0.137. The van der Waals surface area contributed by atoms with E-state index in [1.807, 2.05) is 72.8 Å². The van der Waals surface area contributed by atoms with E-state index in [4.69, 9.17) is 4.42 Å². The van der Waals surface area contributed by atoms with E-state index in [2.05, 4.69) is 227 Å². The second kappa shape index (κ2) is 22.5. The number of fused-ring (bicyclic) bond motifs is 9. The number of aryl methyl sites for hydroxylation is 1. The first-order chi connectivity index (χ1) is 37.5. The van der Waals surface area contributed by atoms with Crippen molar-refractivity contribution in [1.82, 2.24) is 0 Å². The molecule has 0 radical (unpaired) electrons. The highest BCUT2D eigenvalue weighted by Gasteiger charge is 2.36. The van der Waals surface area contributed by atoms with Gasteiger partial charge < -0.3 is 4.42 Å². The van der Waals surface area contributed by atoms with Gasteiger partial charge in [-0.15, -0.1) is 0 Å².